The number of nitrogens with zero attached hydrogens (tertiary/aromatic N) is 2. The number of hydrogen-bond acceptors (Lipinski definition) is 5. The van der Waals surface area contributed by atoms with Gasteiger partial charge in [-0.05, 0) is 111 Å². The lowest BCUT2D eigenvalue weighted by molar-refractivity contribution is -0.158. The third-order valence-corrected chi connectivity index (χ3v) is 22.7. The second kappa shape index (κ2) is 11.6. The van der Waals surface area contributed by atoms with Gasteiger partial charge < -0.3 is 24.2 Å². The molecule has 9 heteroatoms. The van der Waals surface area contributed by atoms with Crippen LogP contribution in [0.5, 0.6) is 0 Å². The first-order chi connectivity index (χ1) is 20.0. The van der Waals surface area contributed by atoms with Crippen molar-refractivity contribution in [2.75, 3.05) is 6.61 Å². The second-order valence-corrected chi connectivity index (χ2v) is 27.5. The minimum Gasteiger partial charge on any atom is -0.457 e. The predicted molar refractivity (Wildman–Crippen MR) is 181 cm³/mol. The van der Waals surface area contributed by atoms with Gasteiger partial charge in [-0.2, -0.15) is 4.79 Å². The van der Waals surface area contributed by atoms with E-state index in [-0.39, 0.29) is 39.8 Å². The van der Waals surface area contributed by atoms with E-state index >= 15 is 0 Å². The zero-order valence-electron chi connectivity index (χ0n) is 30.1. The van der Waals surface area contributed by atoms with Crippen LogP contribution in [0.3, 0.4) is 0 Å². The Bertz CT molecular complexity index is 1210. The Morgan fingerprint density at radius 1 is 1.00 bits per heavy atom. The van der Waals surface area contributed by atoms with Crippen molar-refractivity contribution in [1.29, 1.82) is 0 Å². The van der Waals surface area contributed by atoms with E-state index in [0.29, 0.717) is 18.3 Å². The van der Waals surface area contributed by atoms with Crippen LogP contribution in [0.25, 0.3) is 5.53 Å². The van der Waals surface area contributed by atoms with E-state index in [2.05, 4.69) is 92.4 Å². The summed E-state index contributed by atoms with van der Waals surface area (Å²) in [4.78, 5) is 16.8. The number of rotatable bonds is 7. The topological polar surface area (TPSA) is 101 Å². The fourth-order valence-corrected chi connectivity index (χ4v) is 11.6. The maximum atomic E-state index is 13.3. The maximum Gasteiger partial charge on any atom is 0.420 e. The van der Waals surface area contributed by atoms with Gasteiger partial charge >= 0.3 is 11.7 Å². The molecule has 44 heavy (non-hydrogen) atoms. The first kappa shape index (κ1) is 35.8. The molecule has 0 amide bonds. The largest absolute Gasteiger partial charge is 0.457 e. The second-order valence-electron chi connectivity index (χ2n) is 18.0. The molecule has 0 aliphatic heterocycles. The van der Waals surface area contributed by atoms with Crippen molar-refractivity contribution in [1.82, 2.24) is 0 Å². The van der Waals surface area contributed by atoms with E-state index in [1.54, 1.807) is 12.5 Å². The molecular formula is C35H62N2O5Si2. The average Bonchev–Trinajstić information content (AvgIpc) is 3.10. The smallest absolute Gasteiger partial charge is 0.420 e. The van der Waals surface area contributed by atoms with E-state index in [9.17, 15) is 15.4 Å². The Balaban J connectivity index is 1.71. The van der Waals surface area contributed by atoms with Gasteiger partial charge in [0.2, 0.25) is 5.60 Å². The van der Waals surface area contributed by atoms with Crippen LogP contribution in [0.15, 0.2) is 11.6 Å². The lowest BCUT2D eigenvalue weighted by Gasteiger charge is -2.58. The summed E-state index contributed by atoms with van der Waals surface area (Å²) in [5, 5.41) is 13.0. The number of hydrogen-bond donors (Lipinski definition) is 1. The molecule has 0 saturated heterocycles. The number of carbonyl (C=O) groups is 1. The van der Waals surface area contributed by atoms with Crippen molar-refractivity contribution in [2.45, 2.75) is 161 Å². The molecule has 4 aliphatic rings. The number of esters is 1. The van der Waals surface area contributed by atoms with Crippen LogP contribution in [0, 0.1) is 28.6 Å². The molecule has 8 atom stereocenters. The molecule has 0 aromatic rings. The first-order valence-corrected chi connectivity index (χ1v) is 23.0. The molecule has 0 heterocycles. The molecule has 3 fully saturated rings. The van der Waals surface area contributed by atoms with Crippen molar-refractivity contribution >= 4 is 28.3 Å². The van der Waals surface area contributed by atoms with E-state index < -0.39 is 39.7 Å². The van der Waals surface area contributed by atoms with Crippen LogP contribution < -0.4 is 0 Å². The van der Waals surface area contributed by atoms with E-state index in [1.165, 1.54) is 0 Å². The quantitative estimate of drug-likeness (QED) is 0.0749. The van der Waals surface area contributed by atoms with Gasteiger partial charge in [-0.1, -0.05) is 67.0 Å². The van der Waals surface area contributed by atoms with E-state index in [4.69, 9.17) is 13.6 Å². The van der Waals surface area contributed by atoms with Crippen molar-refractivity contribution < 1.29 is 28.3 Å². The predicted octanol–water partition coefficient (Wildman–Crippen LogP) is 8.30. The number of allylic oxidation sites excluding steroid dienone is 1. The van der Waals surface area contributed by atoms with Gasteiger partial charge in [0, 0.05) is 11.5 Å². The third kappa shape index (κ3) is 5.59. The van der Waals surface area contributed by atoms with Crippen LogP contribution in [0.4, 0.5) is 0 Å². The van der Waals surface area contributed by atoms with Gasteiger partial charge in [-0.3, -0.25) is 0 Å². The molecule has 3 saturated carbocycles. The highest BCUT2D eigenvalue weighted by atomic mass is 28.4. The number of aliphatic hydroxyl groups is 1. The Morgan fingerprint density at radius 2 is 1.59 bits per heavy atom. The summed E-state index contributed by atoms with van der Waals surface area (Å²) in [6.07, 6.45) is 8.62. The van der Waals surface area contributed by atoms with Crippen molar-refractivity contribution in [3.05, 3.63) is 17.2 Å². The average molecular weight is 647 g/mol. The first-order valence-electron chi connectivity index (χ1n) is 17.2. The molecule has 1 N–H and O–H groups in total. The zero-order valence-corrected chi connectivity index (χ0v) is 32.1. The Labute approximate surface area is 269 Å². The molecule has 0 unspecified atom stereocenters. The van der Waals surface area contributed by atoms with E-state index in [1.807, 2.05) is 0 Å². The lowest BCUT2D eigenvalue weighted by atomic mass is 9.46. The summed E-state index contributed by atoms with van der Waals surface area (Å²) in [5.74, 6) is 0.190. The van der Waals surface area contributed by atoms with Crippen molar-refractivity contribution in [2.24, 2.45) is 28.6 Å². The molecule has 250 valence electrons. The van der Waals surface area contributed by atoms with Crippen LogP contribution in [0.1, 0.15) is 107 Å². The van der Waals surface area contributed by atoms with Crippen LogP contribution in [0.2, 0.25) is 36.3 Å². The van der Waals surface area contributed by atoms with Crippen LogP contribution in [-0.2, 0) is 18.4 Å². The van der Waals surface area contributed by atoms with Crippen molar-refractivity contribution in [3.8, 4) is 0 Å². The molecule has 0 aromatic carbocycles. The normalized spacial score (nSPS) is 37.7. The van der Waals surface area contributed by atoms with Gasteiger partial charge in [0.15, 0.2) is 16.6 Å². The van der Waals surface area contributed by atoms with Gasteiger partial charge in [-0.15, -0.1) is 0 Å². The fourth-order valence-electron chi connectivity index (χ4n) is 8.88. The zero-order chi connectivity index (χ0) is 33.3. The minimum absolute atomic E-state index is 0.0906. The lowest BCUT2D eigenvalue weighted by Crippen LogP contribution is -2.64. The summed E-state index contributed by atoms with van der Waals surface area (Å²) in [5.41, 5.74) is 9.19. The highest BCUT2D eigenvalue weighted by Gasteiger charge is 2.74. The third-order valence-electron chi connectivity index (χ3n) is 13.7. The van der Waals surface area contributed by atoms with E-state index in [0.717, 1.165) is 38.5 Å². The Morgan fingerprint density at radius 3 is 2.14 bits per heavy atom. The highest BCUT2D eigenvalue weighted by Crippen LogP contribution is 2.68. The number of ether oxygens (including phenoxy) is 1. The molecule has 0 spiro atoms. The molecule has 0 radical (unpaired) electrons. The van der Waals surface area contributed by atoms with Crippen LogP contribution >= 0.6 is 0 Å². The van der Waals surface area contributed by atoms with Gasteiger partial charge in [0.25, 0.3) is 0 Å². The summed E-state index contributed by atoms with van der Waals surface area (Å²) >= 11 is 0. The van der Waals surface area contributed by atoms with Crippen molar-refractivity contribution in [3.63, 3.8) is 0 Å². The number of carbonyl (C=O) groups excluding carboxylic acids is 1. The number of fused-ring (bicyclic) bond motifs is 5. The van der Waals surface area contributed by atoms with Gasteiger partial charge in [0.1, 0.15) is 0 Å². The summed E-state index contributed by atoms with van der Waals surface area (Å²) in [6.45, 7) is 29.0. The Kier molecular flexibility index (Phi) is 9.39. The summed E-state index contributed by atoms with van der Waals surface area (Å²) in [7, 11) is -4.22. The van der Waals surface area contributed by atoms with Gasteiger partial charge in [-0.25, -0.2) is 4.79 Å². The standard InChI is InChI=1S/C35H62N2O5Si2/c1-14-40-30(38)29(37-36)35(39)28(42-44(12,13)32(5,6)7)22-27-25-16-15-23-21-24(41-43(10,11)31(2,3)4)17-19-33(23,8)26(25)18-20-34(27,35)9/h15,24-28,39H,14,16-22H2,1-13H3/t24-,25+,26-,27-,28+,33-,34-,35-/m0/s1. The van der Waals surface area contributed by atoms with Gasteiger partial charge in [0.05, 0.1) is 12.7 Å². The monoisotopic (exact) mass is 646 g/mol. The molecule has 4 aliphatic carbocycles. The molecular weight excluding hydrogens is 585 g/mol. The Hall–Kier alpha value is -1.10. The molecule has 0 aromatic heterocycles. The summed E-state index contributed by atoms with van der Waals surface area (Å²) in [6, 6.07) is 0. The SMILES string of the molecule is CCOC(=O)C(=[N+]=[N-])[C@@]1(O)[C@H](O[Si](C)(C)C(C)(C)C)C[C@H]2[C@@H]3CC=C4C[C@@H](O[Si](C)(C)C(C)(C)C)CC[C@]4(C)[C@H]3CC[C@@]21C. The molecule has 4 rings (SSSR count). The molecule has 0 bridgehead atoms. The van der Waals surface area contributed by atoms with Crippen LogP contribution in [-0.4, -0.2) is 62.6 Å². The molecule has 7 nitrogen and oxygen atoms in total. The minimum atomic E-state index is -2.37. The maximum absolute atomic E-state index is 13.3. The highest BCUT2D eigenvalue weighted by molar-refractivity contribution is 6.74. The fraction of sp³-hybridized carbons (Fsp3) is 0.886. The summed E-state index contributed by atoms with van der Waals surface area (Å²) < 4.78 is 19.3.